The van der Waals surface area contributed by atoms with Gasteiger partial charge in [0.1, 0.15) is 5.75 Å². The summed E-state index contributed by atoms with van der Waals surface area (Å²) in [5.41, 5.74) is 1.32. The lowest BCUT2D eigenvalue weighted by atomic mass is 10.1. The van der Waals surface area contributed by atoms with Gasteiger partial charge in [0, 0.05) is 15.0 Å². The van der Waals surface area contributed by atoms with Crippen LogP contribution in [-0.4, -0.2) is 7.11 Å². The van der Waals surface area contributed by atoms with Crippen molar-refractivity contribution in [2.24, 2.45) is 0 Å². The summed E-state index contributed by atoms with van der Waals surface area (Å²) in [5.74, 6) is 0.920. The highest BCUT2D eigenvalue weighted by molar-refractivity contribution is 7.80. The summed E-state index contributed by atoms with van der Waals surface area (Å²) in [4.78, 5) is 1.03. The zero-order chi connectivity index (χ0) is 10.1. The van der Waals surface area contributed by atoms with Gasteiger partial charge in [0.05, 0.1) is 7.11 Å². The monoisotopic (exact) mass is 224 g/mol. The van der Waals surface area contributed by atoms with E-state index in [1.807, 2.05) is 6.07 Å². The smallest absolute Gasteiger partial charge is 0.128 e. The van der Waals surface area contributed by atoms with Gasteiger partial charge in [-0.2, -0.15) is 0 Å². The Morgan fingerprint density at radius 2 is 2.29 bits per heavy atom. The number of benzene rings is 1. The minimum absolute atomic E-state index is 0.920. The largest absolute Gasteiger partial charge is 0.496 e. The molecule has 0 fully saturated rings. The highest BCUT2D eigenvalue weighted by Crippen LogP contribution is 2.36. The first-order chi connectivity index (χ1) is 6.77. The van der Waals surface area contributed by atoms with Gasteiger partial charge in [-0.1, -0.05) is 6.92 Å². The molecule has 0 atom stereocenters. The van der Waals surface area contributed by atoms with Crippen LogP contribution in [0.1, 0.15) is 12.5 Å². The van der Waals surface area contributed by atoms with E-state index >= 15 is 0 Å². The molecule has 0 N–H and O–H groups in total. The number of aryl methyl sites for hydroxylation is 1. The van der Waals surface area contributed by atoms with Gasteiger partial charge >= 0.3 is 0 Å². The predicted octanol–water partition coefficient (Wildman–Crippen LogP) is 3.76. The van der Waals surface area contributed by atoms with Gasteiger partial charge < -0.3 is 4.74 Å². The molecule has 0 aliphatic carbocycles. The molecule has 0 amide bonds. The Kier molecular flexibility index (Phi) is 2.70. The van der Waals surface area contributed by atoms with E-state index in [-0.39, 0.29) is 0 Å². The van der Waals surface area contributed by atoms with Gasteiger partial charge in [0.2, 0.25) is 0 Å². The molecule has 3 heteroatoms. The Morgan fingerprint density at radius 1 is 1.50 bits per heavy atom. The maximum absolute atomic E-state index is 5.32. The number of fused-ring (bicyclic) bond motifs is 1. The van der Waals surface area contributed by atoms with Crippen molar-refractivity contribution in [3.8, 4) is 5.75 Å². The fourth-order valence-electron chi connectivity index (χ4n) is 1.65. The Labute approximate surface area is 93.1 Å². The highest BCUT2D eigenvalue weighted by Gasteiger charge is 2.10. The van der Waals surface area contributed by atoms with Crippen molar-refractivity contribution in [3.05, 3.63) is 23.1 Å². The van der Waals surface area contributed by atoms with Crippen LogP contribution in [0.3, 0.4) is 0 Å². The fourth-order valence-corrected chi connectivity index (χ4v) is 3.15. The van der Waals surface area contributed by atoms with E-state index in [0.717, 1.165) is 17.1 Å². The third-order valence-corrected chi connectivity index (χ3v) is 3.73. The number of thiol groups is 1. The summed E-state index contributed by atoms with van der Waals surface area (Å²) < 4.78 is 6.63. The SMILES string of the molecule is CCc1c(S)cc(OC)c2ccsc12. The Balaban J connectivity index is 2.81. The quantitative estimate of drug-likeness (QED) is 0.764. The molecule has 1 aromatic heterocycles. The molecule has 1 nitrogen and oxygen atoms in total. The van der Waals surface area contributed by atoms with Gasteiger partial charge in [-0.25, -0.2) is 0 Å². The zero-order valence-corrected chi connectivity index (χ0v) is 9.91. The summed E-state index contributed by atoms with van der Waals surface area (Å²) in [6.07, 6.45) is 1.01. The van der Waals surface area contributed by atoms with E-state index in [0.29, 0.717) is 0 Å². The second-order valence-electron chi connectivity index (χ2n) is 3.09. The van der Waals surface area contributed by atoms with Crippen LogP contribution in [0.25, 0.3) is 10.1 Å². The van der Waals surface area contributed by atoms with Crippen LogP contribution in [0.2, 0.25) is 0 Å². The highest BCUT2D eigenvalue weighted by atomic mass is 32.1. The molecule has 74 valence electrons. The van der Waals surface area contributed by atoms with Crippen molar-refractivity contribution in [1.29, 1.82) is 0 Å². The van der Waals surface area contributed by atoms with Gasteiger partial charge in [0.25, 0.3) is 0 Å². The maximum Gasteiger partial charge on any atom is 0.128 e. The average Bonchev–Trinajstić information content (AvgIpc) is 2.65. The maximum atomic E-state index is 5.32. The van der Waals surface area contributed by atoms with E-state index in [1.165, 1.54) is 15.6 Å². The van der Waals surface area contributed by atoms with E-state index in [2.05, 4.69) is 31.0 Å². The van der Waals surface area contributed by atoms with Crippen molar-refractivity contribution < 1.29 is 4.74 Å². The third-order valence-electron chi connectivity index (χ3n) is 2.36. The van der Waals surface area contributed by atoms with Gasteiger partial charge in [0.15, 0.2) is 0 Å². The second kappa shape index (κ2) is 3.83. The number of methoxy groups -OCH3 is 1. The molecule has 1 aromatic carbocycles. The minimum atomic E-state index is 0.920. The van der Waals surface area contributed by atoms with E-state index in [1.54, 1.807) is 18.4 Å². The number of ether oxygens (including phenoxy) is 1. The van der Waals surface area contributed by atoms with Crippen LogP contribution in [0, 0.1) is 0 Å². The molecule has 14 heavy (non-hydrogen) atoms. The lowest BCUT2D eigenvalue weighted by Gasteiger charge is -2.08. The summed E-state index contributed by atoms with van der Waals surface area (Å²) in [7, 11) is 1.70. The number of hydrogen-bond donors (Lipinski definition) is 1. The Hall–Kier alpha value is -0.670. The van der Waals surface area contributed by atoms with Gasteiger partial charge in [-0.05, 0) is 29.5 Å². The molecule has 0 aliphatic rings. The molecule has 2 aromatic rings. The molecule has 0 radical (unpaired) electrons. The normalized spacial score (nSPS) is 10.8. The first-order valence-electron chi connectivity index (χ1n) is 4.54. The van der Waals surface area contributed by atoms with Gasteiger partial charge in [-0.3, -0.25) is 0 Å². The van der Waals surface area contributed by atoms with E-state index in [4.69, 9.17) is 4.74 Å². The van der Waals surface area contributed by atoms with Crippen LogP contribution >= 0.6 is 24.0 Å². The van der Waals surface area contributed by atoms with Gasteiger partial charge in [-0.15, -0.1) is 24.0 Å². The third kappa shape index (κ3) is 1.41. The summed E-state index contributed by atoms with van der Waals surface area (Å²) >= 11 is 6.23. The fraction of sp³-hybridized carbons (Fsp3) is 0.273. The van der Waals surface area contributed by atoms with Crippen molar-refractivity contribution in [2.75, 3.05) is 7.11 Å². The minimum Gasteiger partial charge on any atom is -0.496 e. The molecule has 2 rings (SSSR count). The first kappa shape index (κ1) is 9.87. The molecule has 0 bridgehead atoms. The standard InChI is InChI=1S/C11H12OS2/c1-3-7-10(13)6-9(12-2)8-4-5-14-11(7)8/h4-6,13H,3H2,1-2H3. The van der Waals surface area contributed by atoms with Crippen molar-refractivity contribution in [3.63, 3.8) is 0 Å². The Morgan fingerprint density at radius 3 is 2.93 bits per heavy atom. The van der Waals surface area contributed by atoms with Crippen LogP contribution in [0.5, 0.6) is 5.75 Å². The molecule has 0 saturated carbocycles. The summed E-state index contributed by atoms with van der Waals surface area (Å²) in [6.45, 7) is 2.15. The number of rotatable bonds is 2. The first-order valence-corrected chi connectivity index (χ1v) is 5.86. The van der Waals surface area contributed by atoms with Crippen LogP contribution in [-0.2, 0) is 6.42 Å². The molecule has 0 spiro atoms. The average molecular weight is 224 g/mol. The molecule has 0 unspecified atom stereocenters. The van der Waals surface area contributed by atoms with E-state index < -0.39 is 0 Å². The van der Waals surface area contributed by atoms with Crippen LogP contribution in [0.4, 0.5) is 0 Å². The molecular weight excluding hydrogens is 212 g/mol. The summed E-state index contributed by atoms with van der Waals surface area (Å²) in [5, 5.41) is 3.30. The second-order valence-corrected chi connectivity index (χ2v) is 4.49. The summed E-state index contributed by atoms with van der Waals surface area (Å²) in [6, 6.07) is 4.10. The molecule has 0 aliphatic heterocycles. The van der Waals surface area contributed by atoms with Crippen LogP contribution in [0.15, 0.2) is 22.4 Å². The molecule has 0 saturated heterocycles. The topological polar surface area (TPSA) is 9.23 Å². The van der Waals surface area contributed by atoms with Crippen molar-refractivity contribution in [1.82, 2.24) is 0 Å². The van der Waals surface area contributed by atoms with Crippen molar-refractivity contribution >= 4 is 34.1 Å². The predicted molar refractivity (Wildman–Crippen MR) is 65.0 cm³/mol. The lowest BCUT2D eigenvalue weighted by molar-refractivity contribution is 0.419. The van der Waals surface area contributed by atoms with E-state index in [9.17, 15) is 0 Å². The van der Waals surface area contributed by atoms with Crippen LogP contribution < -0.4 is 4.74 Å². The number of hydrogen-bond acceptors (Lipinski definition) is 3. The Bertz CT molecular complexity index is 460. The lowest BCUT2D eigenvalue weighted by Crippen LogP contribution is -1.88. The van der Waals surface area contributed by atoms with Crippen molar-refractivity contribution in [2.45, 2.75) is 18.2 Å². The molecule has 1 heterocycles. The number of thiophene rings is 1. The molecular formula is C11H12OS2. The zero-order valence-electron chi connectivity index (χ0n) is 8.20.